The van der Waals surface area contributed by atoms with Crippen molar-refractivity contribution in [2.45, 2.75) is 0 Å². The first-order valence-corrected chi connectivity index (χ1v) is 7.63. The van der Waals surface area contributed by atoms with Gasteiger partial charge >= 0.3 is 0 Å². The average Bonchev–Trinajstić information content (AvgIpc) is 2.88. The number of nitrogens with one attached hydrogen (secondary N) is 1. The van der Waals surface area contributed by atoms with E-state index >= 15 is 0 Å². The smallest absolute Gasteiger partial charge is 0.271 e. The highest BCUT2D eigenvalue weighted by molar-refractivity contribution is 14.1. The Bertz CT molecular complexity index is 856. The highest BCUT2D eigenvalue weighted by atomic mass is 127. The molecule has 1 aromatic carbocycles. The summed E-state index contributed by atoms with van der Waals surface area (Å²) in [6, 6.07) is 7.36. The molecule has 100 valence electrons. The summed E-state index contributed by atoms with van der Waals surface area (Å²) in [5.41, 5.74) is 0.316. The lowest BCUT2D eigenvalue weighted by Gasteiger charge is -2.05. The van der Waals surface area contributed by atoms with Crippen LogP contribution in [0.15, 0.2) is 46.8 Å². The number of hydrogen-bond donors (Lipinski definition) is 1. The van der Waals surface area contributed by atoms with Gasteiger partial charge in [-0.3, -0.25) is 14.0 Å². The van der Waals surface area contributed by atoms with Gasteiger partial charge < -0.3 is 5.32 Å². The Hall–Kier alpha value is -1.74. The zero-order valence-corrected chi connectivity index (χ0v) is 13.0. The third-order valence-electron chi connectivity index (χ3n) is 2.67. The Morgan fingerprint density at radius 1 is 1.40 bits per heavy atom. The van der Waals surface area contributed by atoms with Crippen LogP contribution in [0.5, 0.6) is 0 Å². The molecular formula is C13H8IN3O2S. The second kappa shape index (κ2) is 5.33. The molecule has 0 aliphatic rings. The maximum atomic E-state index is 12.2. The number of fused-ring (bicyclic) bond motifs is 1. The molecule has 0 radical (unpaired) electrons. The lowest BCUT2D eigenvalue weighted by Crippen LogP contribution is -2.25. The van der Waals surface area contributed by atoms with Crippen molar-refractivity contribution >= 4 is 50.5 Å². The first kappa shape index (κ1) is 13.3. The molecule has 7 heteroatoms. The van der Waals surface area contributed by atoms with Crippen molar-refractivity contribution in [3.63, 3.8) is 0 Å². The van der Waals surface area contributed by atoms with Gasteiger partial charge in [0.1, 0.15) is 5.56 Å². The van der Waals surface area contributed by atoms with Gasteiger partial charge in [-0.25, -0.2) is 4.98 Å². The van der Waals surface area contributed by atoms with Crippen molar-refractivity contribution in [1.29, 1.82) is 0 Å². The number of benzene rings is 1. The summed E-state index contributed by atoms with van der Waals surface area (Å²) < 4.78 is 2.37. The van der Waals surface area contributed by atoms with Crippen molar-refractivity contribution in [3.05, 3.63) is 61.5 Å². The SMILES string of the molecule is O=C(Nc1cccc(I)c1)c1cnc2sccn2c1=O. The van der Waals surface area contributed by atoms with Gasteiger partial charge in [0.05, 0.1) is 0 Å². The number of halogens is 1. The first-order chi connectivity index (χ1) is 9.65. The molecule has 0 atom stereocenters. The zero-order valence-electron chi connectivity index (χ0n) is 10.0. The molecule has 3 aromatic rings. The van der Waals surface area contributed by atoms with E-state index in [9.17, 15) is 9.59 Å². The summed E-state index contributed by atoms with van der Waals surface area (Å²) in [6.07, 6.45) is 2.93. The highest BCUT2D eigenvalue weighted by Gasteiger charge is 2.13. The van der Waals surface area contributed by atoms with E-state index in [-0.39, 0.29) is 11.1 Å². The van der Waals surface area contributed by atoms with Gasteiger partial charge in [0, 0.05) is 27.0 Å². The molecule has 1 N–H and O–H groups in total. The van der Waals surface area contributed by atoms with E-state index in [1.807, 2.05) is 18.2 Å². The van der Waals surface area contributed by atoms with E-state index in [1.165, 1.54) is 21.9 Å². The maximum Gasteiger partial charge on any atom is 0.271 e. The Morgan fingerprint density at radius 3 is 3.05 bits per heavy atom. The van der Waals surface area contributed by atoms with Crippen LogP contribution in [0.2, 0.25) is 0 Å². The summed E-state index contributed by atoms with van der Waals surface area (Å²) in [4.78, 5) is 29.0. The second-order valence-corrected chi connectivity index (χ2v) is 6.12. The fraction of sp³-hybridized carbons (Fsp3) is 0. The van der Waals surface area contributed by atoms with Gasteiger partial charge in [0.15, 0.2) is 4.96 Å². The van der Waals surface area contributed by atoms with Crippen LogP contribution in [0.4, 0.5) is 5.69 Å². The highest BCUT2D eigenvalue weighted by Crippen LogP contribution is 2.13. The third kappa shape index (κ3) is 2.46. The van der Waals surface area contributed by atoms with Crippen molar-refractivity contribution in [2.75, 3.05) is 5.32 Å². The van der Waals surface area contributed by atoms with Gasteiger partial charge in [0.25, 0.3) is 11.5 Å². The summed E-state index contributed by atoms with van der Waals surface area (Å²) in [5.74, 6) is -0.454. The average molecular weight is 397 g/mol. The predicted molar refractivity (Wildman–Crippen MR) is 86.5 cm³/mol. The van der Waals surface area contributed by atoms with Crippen LogP contribution >= 0.6 is 33.9 Å². The molecule has 0 spiro atoms. The molecule has 0 bridgehead atoms. The monoisotopic (exact) mass is 397 g/mol. The Labute approximate surface area is 131 Å². The predicted octanol–water partition coefficient (Wildman–Crippen LogP) is 2.61. The van der Waals surface area contributed by atoms with Crippen LogP contribution in [0.1, 0.15) is 10.4 Å². The summed E-state index contributed by atoms with van der Waals surface area (Å²) in [5, 5.41) is 4.46. The lowest BCUT2D eigenvalue weighted by molar-refractivity contribution is 0.102. The van der Waals surface area contributed by atoms with E-state index in [0.717, 1.165) is 3.57 Å². The number of carbonyl (C=O) groups is 1. The van der Waals surface area contributed by atoms with Gasteiger partial charge in [0.2, 0.25) is 0 Å². The van der Waals surface area contributed by atoms with E-state index in [1.54, 1.807) is 17.6 Å². The first-order valence-electron chi connectivity index (χ1n) is 5.67. The molecule has 0 fully saturated rings. The number of aromatic nitrogens is 2. The van der Waals surface area contributed by atoms with Crippen LogP contribution < -0.4 is 10.9 Å². The van der Waals surface area contributed by atoms with Crippen molar-refractivity contribution in [2.24, 2.45) is 0 Å². The topological polar surface area (TPSA) is 63.5 Å². The zero-order chi connectivity index (χ0) is 14.1. The molecule has 0 aliphatic carbocycles. The molecule has 0 saturated carbocycles. The van der Waals surface area contributed by atoms with Gasteiger partial charge in [-0.1, -0.05) is 6.07 Å². The normalized spacial score (nSPS) is 10.7. The quantitative estimate of drug-likeness (QED) is 0.677. The van der Waals surface area contributed by atoms with E-state index in [2.05, 4.69) is 32.9 Å². The van der Waals surface area contributed by atoms with E-state index in [0.29, 0.717) is 10.6 Å². The number of thiazole rings is 1. The lowest BCUT2D eigenvalue weighted by atomic mass is 10.2. The number of rotatable bonds is 2. The molecule has 3 rings (SSSR count). The Kier molecular flexibility index (Phi) is 3.53. The van der Waals surface area contributed by atoms with E-state index in [4.69, 9.17) is 0 Å². The van der Waals surface area contributed by atoms with Crippen LogP contribution in [0.25, 0.3) is 4.96 Å². The van der Waals surface area contributed by atoms with Crippen molar-refractivity contribution in [3.8, 4) is 0 Å². The van der Waals surface area contributed by atoms with Crippen LogP contribution in [-0.4, -0.2) is 15.3 Å². The number of nitrogens with zero attached hydrogens (tertiary/aromatic N) is 2. The van der Waals surface area contributed by atoms with Crippen LogP contribution in [0.3, 0.4) is 0 Å². The molecule has 2 aromatic heterocycles. The second-order valence-electron chi connectivity index (χ2n) is 4.00. The largest absolute Gasteiger partial charge is 0.322 e. The Morgan fingerprint density at radius 2 is 2.25 bits per heavy atom. The minimum absolute atomic E-state index is 0.0276. The Balaban J connectivity index is 1.96. The number of anilines is 1. The minimum atomic E-state index is -0.454. The van der Waals surface area contributed by atoms with Crippen molar-refractivity contribution < 1.29 is 4.79 Å². The molecule has 0 unspecified atom stereocenters. The maximum absolute atomic E-state index is 12.2. The standard InChI is InChI=1S/C13H8IN3O2S/c14-8-2-1-3-9(6-8)16-11(18)10-7-15-13-17(12(10)19)4-5-20-13/h1-7H,(H,16,18). The molecule has 0 saturated heterocycles. The molecule has 0 aliphatic heterocycles. The van der Waals surface area contributed by atoms with E-state index < -0.39 is 5.91 Å². The number of carbonyl (C=O) groups excluding carboxylic acids is 1. The molecule has 5 nitrogen and oxygen atoms in total. The van der Waals surface area contributed by atoms with Crippen molar-refractivity contribution in [1.82, 2.24) is 9.38 Å². The molecule has 2 heterocycles. The summed E-state index contributed by atoms with van der Waals surface area (Å²) in [6.45, 7) is 0. The van der Waals surface area contributed by atoms with Gasteiger partial charge in [-0.05, 0) is 40.8 Å². The summed E-state index contributed by atoms with van der Waals surface area (Å²) in [7, 11) is 0. The number of hydrogen-bond acceptors (Lipinski definition) is 4. The third-order valence-corrected chi connectivity index (χ3v) is 4.11. The number of amides is 1. The molecule has 1 amide bonds. The van der Waals surface area contributed by atoms with Crippen LogP contribution in [0, 0.1) is 3.57 Å². The summed E-state index contributed by atoms with van der Waals surface area (Å²) >= 11 is 3.50. The molecular weight excluding hydrogens is 389 g/mol. The molecule has 20 heavy (non-hydrogen) atoms. The van der Waals surface area contributed by atoms with Crippen LogP contribution in [-0.2, 0) is 0 Å². The minimum Gasteiger partial charge on any atom is -0.322 e. The fourth-order valence-corrected chi connectivity index (χ4v) is 2.96. The van der Waals surface area contributed by atoms with Gasteiger partial charge in [-0.2, -0.15) is 0 Å². The van der Waals surface area contributed by atoms with Gasteiger partial charge in [-0.15, -0.1) is 11.3 Å². The fourth-order valence-electron chi connectivity index (χ4n) is 1.75.